The Labute approximate surface area is 160 Å². The third kappa shape index (κ3) is 5.67. The van der Waals surface area contributed by atoms with Crippen LogP contribution in [0.4, 0.5) is 23.2 Å². The third-order valence-corrected chi connectivity index (χ3v) is 5.23. The van der Waals surface area contributed by atoms with Crippen molar-refractivity contribution in [3.8, 4) is 0 Å². The molecule has 1 heterocycles. The maximum Gasteiger partial charge on any atom is 0.490 e. The fraction of sp³-hybridized carbons (Fsp3) is 0.579. The zero-order valence-corrected chi connectivity index (χ0v) is 15.7. The fourth-order valence-corrected chi connectivity index (χ4v) is 3.90. The van der Waals surface area contributed by atoms with Crippen molar-refractivity contribution >= 4 is 17.6 Å². The van der Waals surface area contributed by atoms with E-state index in [0.29, 0.717) is 23.6 Å². The summed E-state index contributed by atoms with van der Waals surface area (Å²) in [5, 5.41) is 10.0. The van der Waals surface area contributed by atoms with Crippen LogP contribution in [0.3, 0.4) is 0 Å². The molecule has 1 aliphatic carbocycles. The second-order valence-electron chi connectivity index (χ2n) is 7.47. The van der Waals surface area contributed by atoms with Gasteiger partial charge in [-0.15, -0.1) is 0 Å². The van der Waals surface area contributed by atoms with Crippen LogP contribution in [0.25, 0.3) is 0 Å². The summed E-state index contributed by atoms with van der Waals surface area (Å²) in [4.78, 5) is 23.9. The van der Waals surface area contributed by atoms with Crippen LogP contribution in [0, 0.1) is 23.6 Å². The quantitative estimate of drug-likeness (QED) is 0.753. The van der Waals surface area contributed by atoms with Crippen LogP contribution in [0.2, 0.25) is 0 Å². The lowest BCUT2D eigenvalue weighted by Crippen LogP contribution is -2.48. The van der Waals surface area contributed by atoms with E-state index in [4.69, 9.17) is 9.90 Å². The molecule has 5 nitrogen and oxygen atoms in total. The van der Waals surface area contributed by atoms with E-state index >= 15 is 0 Å². The van der Waals surface area contributed by atoms with Gasteiger partial charge in [-0.1, -0.05) is 6.07 Å². The first-order valence-corrected chi connectivity index (χ1v) is 9.09. The highest BCUT2D eigenvalue weighted by Gasteiger charge is 2.46. The number of hydrogen-bond acceptors (Lipinski definition) is 3. The van der Waals surface area contributed by atoms with Gasteiger partial charge in [-0.2, -0.15) is 13.2 Å². The standard InChI is InChI=1S/C17H23FN2O.C2HF3O2/c1-11(2)20-9-12-6-7-13(10-20)16(12)17(21)19-15-5-3-4-14(18)8-15;3-2(4,5)1(6)7/h3-5,8,11-13,16H,6-7,9-10H2,1-2H3,(H,19,21);(H,6,7). The van der Waals surface area contributed by atoms with Gasteiger partial charge < -0.3 is 15.3 Å². The molecule has 2 unspecified atom stereocenters. The number of carboxylic acid groups (broad SMARTS) is 1. The van der Waals surface area contributed by atoms with Crippen LogP contribution in [-0.4, -0.2) is 47.2 Å². The molecule has 2 N–H and O–H groups in total. The Morgan fingerprint density at radius 1 is 1.18 bits per heavy atom. The number of nitrogens with zero attached hydrogens (tertiary/aromatic N) is 1. The summed E-state index contributed by atoms with van der Waals surface area (Å²) in [6.45, 7) is 6.45. The first-order valence-electron chi connectivity index (χ1n) is 9.09. The second kappa shape index (κ2) is 8.89. The fourth-order valence-electron chi connectivity index (χ4n) is 3.90. The Kier molecular flexibility index (Phi) is 7.03. The average molecular weight is 404 g/mol. The van der Waals surface area contributed by atoms with E-state index in [1.165, 1.54) is 12.1 Å². The molecule has 1 saturated carbocycles. The molecular formula is C19H24F4N2O3. The van der Waals surface area contributed by atoms with E-state index in [0.717, 1.165) is 25.9 Å². The predicted molar refractivity (Wildman–Crippen MR) is 95.1 cm³/mol. The highest BCUT2D eigenvalue weighted by Crippen LogP contribution is 2.43. The van der Waals surface area contributed by atoms with Gasteiger partial charge in [0.1, 0.15) is 5.82 Å². The highest BCUT2D eigenvalue weighted by atomic mass is 19.4. The van der Waals surface area contributed by atoms with Crippen molar-refractivity contribution in [2.24, 2.45) is 17.8 Å². The highest BCUT2D eigenvalue weighted by molar-refractivity contribution is 5.93. The number of anilines is 1. The molecule has 2 fully saturated rings. The van der Waals surface area contributed by atoms with Crippen molar-refractivity contribution in [1.82, 2.24) is 4.90 Å². The Hall–Kier alpha value is -2.16. The van der Waals surface area contributed by atoms with Gasteiger partial charge in [0.2, 0.25) is 5.91 Å². The Morgan fingerprint density at radius 3 is 2.14 bits per heavy atom. The molecule has 3 rings (SSSR count). The van der Waals surface area contributed by atoms with Crippen LogP contribution in [0.5, 0.6) is 0 Å². The van der Waals surface area contributed by atoms with Crippen LogP contribution in [-0.2, 0) is 9.59 Å². The molecule has 156 valence electrons. The number of benzene rings is 1. The first kappa shape index (κ1) is 22.1. The van der Waals surface area contributed by atoms with Gasteiger partial charge in [0.05, 0.1) is 0 Å². The van der Waals surface area contributed by atoms with Crippen LogP contribution in [0.15, 0.2) is 24.3 Å². The zero-order valence-electron chi connectivity index (χ0n) is 15.7. The van der Waals surface area contributed by atoms with E-state index in [2.05, 4.69) is 24.1 Å². The molecule has 1 aromatic carbocycles. The summed E-state index contributed by atoms with van der Waals surface area (Å²) in [5.74, 6) is -2.03. The molecule has 2 aliphatic rings. The third-order valence-electron chi connectivity index (χ3n) is 5.23. The molecule has 1 aromatic rings. The minimum absolute atomic E-state index is 0.0662. The minimum atomic E-state index is -5.08. The van der Waals surface area contributed by atoms with Crippen molar-refractivity contribution in [3.05, 3.63) is 30.1 Å². The van der Waals surface area contributed by atoms with Gasteiger partial charge in [-0.25, -0.2) is 9.18 Å². The molecule has 1 saturated heterocycles. The number of amides is 1. The van der Waals surface area contributed by atoms with E-state index in [-0.39, 0.29) is 17.6 Å². The van der Waals surface area contributed by atoms with E-state index in [1.807, 2.05) is 0 Å². The van der Waals surface area contributed by atoms with Gasteiger partial charge in [0.25, 0.3) is 0 Å². The van der Waals surface area contributed by atoms with Gasteiger partial charge in [-0.05, 0) is 56.7 Å². The Bertz CT molecular complexity index is 695. The number of likely N-dealkylation sites (tertiary alicyclic amines) is 1. The molecule has 1 amide bonds. The molecule has 1 aliphatic heterocycles. The number of halogens is 4. The summed E-state index contributed by atoms with van der Waals surface area (Å²) in [5.41, 5.74) is 0.561. The summed E-state index contributed by atoms with van der Waals surface area (Å²) < 4.78 is 44.9. The van der Waals surface area contributed by atoms with Crippen LogP contribution < -0.4 is 5.32 Å². The normalized spacial score (nSPS) is 24.5. The lowest BCUT2D eigenvalue weighted by molar-refractivity contribution is -0.192. The van der Waals surface area contributed by atoms with Crippen molar-refractivity contribution in [2.75, 3.05) is 18.4 Å². The molecule has 0 aromatic heterocycles. The molecule has 9 heteroatoms. The second-order valence-corrected chi connectivity index (χ2v) is 7.47. The Balaban J connectivity index is 0.000000345. The Morgan fingerprint density at radius 2 is 1.71 bits per heavy atom. The number of aliphatic carboxylic acids is 1. The molecule has 2 bridgehead atoms. The number of carbonyl (C=O) groups excluding carboxylic acids is 1. The predicted octanol–water partition coefficient (Wildman–Crippen LogP) is 3.76. The molecular weight excluding hydrogens is 380 g/mol. The monoisotopic (exact) mass is 404 g/mol. The number of fused-ring (bicyclic) bond motifs is 2. The number of alkyl halides is 3. The number of nitrogens with one attached hydrogen (secondary N) is 1. The molecule has 2 atom stereocenters. The molecule has 0 radical (unpaired) electrons. The SMILES string of the molecule is CC(C)N1CC2CCC(C1)C2C(=O)Nc1cccc(F)c1.O=C(O)C(F)(F)F. The maximum absolute atomic E-state index is 13.2. The summed E-state index contributed by atoms with van der Waals surface area (Å²) in [6, 6.07) is 6.68. The molecule has 28 heavy (non-hydrogen) atoms. The maximum atomic E-state index is 13.2. The number of piperidine rings is 1. The lowest BCUT2D eigenvalue weighted by Gasteiger charge is -2.39. The average Bonchev–Trinajstić information content (AvgIpc) is 2.84. The van der Waals surface area contributed by atoms with E-state index in [1.54, 1.807) is 12.1 Å². The van der Waals surface area contributed by atoms with Crippen molar-refractivity contribution < 1.29 is 32.3 Å². The summed E-state index contributed by atoms with van der Waals surface area (Å²) in [6.07, 6.45) is -2.82. The van der Waals surface area contributed by atoms with Crippen LogP contribution >= 0.6 is 0 Å². The number of hydrogen-bond donors (Lipinski definition) is 2. The first-order chi connectivity index (χ1) is 13.0. The van der Waals surface area contributed by atoms with Gasteiger partial charge >= 0.3 is 12.1 Å². The van der Waals surface area contributed by atoms with Gasteiger partial charge in [0.15, 0.2) is 0 Å². The minimum Gasteiger partial charge on any atom is -0.475 e. The summed E-state index contributed by atoms with van der Waals surface area (Å²) >= 11 is 0. The lowest BCUT2D eigenvalue weighted by atomic mass is 9.84. The van der Waals surface area contributed by atoms with Gasteiger partial charge in [-0.3, -0.25) is 4.79 Å². The van der Waals surface area contributed by atoms with Crippen molar-refractivity contribution in [1.29, 1.82) is 0 Å². The smallest absolute Gasteiger partial charge is 0.475 e. The van der Waals surface area contributed by atoms with E-state index < -0.39 is 12.1 Å². The number of carbonyl (C=O) groups is 2. The topological polar surface area (TPSA) is 69.6 Å². The van der Waals surface area contributed by atoms with Crippen molar-refractivity contribution in [3.63, 3.8) is 0 Å². The number of rotatable bonds is 3. The largest absolute Gasteiger partial charge is 0.490 e. The van der Waals surface area contributed by atoms with E-state index in [9.17, 15) is 22.4 Å². The van der Waals surface area contributed by atoms with Gasteiger partial charge in [0, 0.05) is 30.7 Å². The van der Waals surface area contributed by atoms with Crippen molar-refractivity contribution in [2.45, 2.75) is 38.9 Å². The number of carboxylic acids is 1. The zero-order chi connectivity index (χ0) is 21.1. The summed E-state index contributed by atoms with van der Waals surface area (Å²) in [7, 11) is 0. The van der Waals surface area contributed by atoms with Crippen LogP contribution in [0.1, 0.15) is 26.7 Å². The molecule has 0 spiro atoms.